The molecule has 1 aliphatic heterocycles. The second-order valence-corrected chi connectivity index (χ2v) is 14.5. The van der Waals surface area contributed by atoms with Crippen molar-refractivity contribution in [3.8, 4) is 33.5 Å². The van der Waals surface area contributed by atoms with Crippen LogP contribution in [0.2, 0.25) is 0 Å². The monoisotopic (exact) mass is 635 g/mol. The van der Waals surface area contributed by atoms with Crippen LogP contribution in [0, 0.1) is 41.5 Å². The van der Waals surface area contributed by atoms with E-state index in [4.69, 9.17) is 4.98 Å². The maximum Gasteiger partial charge on any atom is 0.243 e. The lowest BCUT2D eigenvalue weighted by Crippen LogP contribution is -2.57. The van der Waals surface area contributed by atoms with Gasteiger partial charge in [-0.3, -0.25) is 0 Å². The summed E-state index contributed by atoms with van der Waals surface area (Å²) in [5, 5.41) is 1.25. The average molecular weight is 636 g/mol. The highest BCUT2D eigenvalue weighted by atomic mass is 32.2. The maximum atomic E-state index is 5.24. The Kier molecular flexibility index (Phi) is 7.61. The molecule has 0 fully saturated rings. The molecular formula is C45H38BNS. The van der Waals surface area contributed by atoms with Crippen LogP contribution in [0.25, 0.3) is 44.4 Å². The Balaban J connectivity index is 1.31. The van der Waals surface area contributed by atoms with Crippen LogP contribution in [0.1, 0.15) is 33.4 Å². The van der Waals surface area contributed by atoms with Gasteiger partial charge < -0.3 is 0 Å². The van der Waals surface area contributed by atoms with Crippen molar-refractivity contribution in [1.29, 1.82) is 0 Å². The number of aryl methyl sites for hydroxylation is 5. The predicted molar refractivity (Wildman–Crippen MR) is 208 cm³/mol. The Morgan fingerprint density at radius 3 is 1.75 bits per heavy atom. The Labute approximate surface area is 289 Å². The zero-order valence-electron chi connectivity index (χ0n) is 28.5. The largest absolute Gasteiger partial charge is 0.248 e. The average Bonchev–Trinajstić information content (AvgIpc) is 3.08. The molecule has 8 rings (SSSR count). The summed E-state index contributed by atoms with van der Waals surface area (Å²) in [6, 6.07) is 44.6. The van der Waals surface area contributed by atoms with E-state index in [-0.39, 0.29) is 6.71 Å². The third-order valence-electron chi connectivity index (χ3n) is 10.3. The van der Waals surface area contributed by atoms with E-state index in [1.807, 2.05) is 11.8 Å². The fourth-order valence-electron chi connectivity index (χ4n) is 8.06. The molecule has 0 atom stereocenters. The first-order valence-corrected chi connectivity index (χ1v) is 17.7. The first kappa shape index (κ1) is 30.5. The van der Waals surface area contributed by atoms with Crippen molar-refractivity contribution in [2.45, 2.75) is 51.3 Å². The highest BCUT2D eigenvalue weighted by Gasteiger charge is 2.31. The molecule has 0 radical (unpaired) electrons. The molecule has 0 saturated heterocycles. The van der Waals surface area contributed by atoms with E-state index in [1.165, 1.54) is 87.2 Å². The molecule has 1 aliphatic rings. The molecule has 7 aromatic rings. The highest BCUT2D eigenvalue weighted by Crippen LogP contribution is 2.48. The van der Waals surface area contributed by atoms with Gasteiger partial charge in [0, 0.05) is 20.7 Å². The maximum absolute atomic E-state index is 5.24. The molecular weight excluding hydrogens is 597 g/mol. The molecule has 0 amide bonds. The van der Waals surface area contributed by atoms with Gasteiger partial charge in [0.1, 0.15) is 0 Å². The number of pyridine rings is 1. The van der Waals surface area contributed by atoms with Crippen molar-refractivity contribution in [3.63, 3.8) is 0 Å². The molecule has 2 heterocycles. The third-order valence-corrected chi connectivity index (χ3v) is 11.5. The Morgan fingerprint density at radius 1 is 0.458 bits per heavy atom. The van der Waals surface area contributed by atoms with E-state index >= 15 is 0 Å². The normalized spacial score (nSPS) is 11.9. The lowest BCUT2D eigenvalue weighted by molar-refractivity contribution is 1.34. The number of hydrogen-bond acceptors (Lipinski definition) is 2. The SMILES string of the molecule is Cc1cccc(C)c1B(c1c(C)cccc1C)c1c(C)ccc(-c2cccc(-c3cc4c5c(cccc5n3)Sc3ccccc3-4)c2)c1C. The van der Waals surface area contributed by atoms with Crippen LogP contribution < -0.4 is 16.4 Å². The van der Waals surface area contributed by atoms with Crippen molar-refractivity contribution in [2.24, 2.45) is 0 Å². The Bertz CT molecular complexity index is 2310. The molecule has 3 heteroatoms. The number of rotatable bonds is 5. The summed E-state index contributed by atoms with van der Waals surface area (Å²) in [6.45, 7) is 13.8. The number of fused-ring (bicyclic) bond motifs is 2. The lowest BCUT2D eigenvalue weighted by atomic mass is 9.33. The smallest absolute Gasteiger partial charge is 0.243 e. The van der Waals surface area contributed by atoms with Crippen LogP contribution >= 0.6 is 11.8 Å². The van der Waals surface area contributed by atoms with Gasteiger partial charge in [0.2, 0.25) is 6.71 Å². The topological polar surface area (TPSA) is 12.9 Å². The van der Waals surface area contributed by atoms with E-state index in [2.05, 4.69) is 163 Å². The van der Waals surface area contributed by atoms with Gasteiger partial charge in [0.25, 0.3) is 0 Å². The van der Waals surface area contributed by atoms with Crippen molar-refractivity contribution in [1.82, 2.24) is 4.98 Å². The number of hydrogen-bond donors (Lipinski definition) is 0. The molecule has 232 valence electrons. The lowest BCUT2D eigenvalue weighted by Gasteiger charge is -2.27. The van der Waals surface area contributed by atoms with E-state index in [1.54, 1.807) is 0 Å². The fourth-order valence-corrected chi connectivity index (χ4v) is 9.20. The van der Waals surface area contributed by atoms with Gasteiger partial charge in [-0.1, -0.05) is 147 Å². The summed E-state index contributed by atoms with van der Waals surface area (Å²) in [4.78, 5) is 7.82. The number of aromatic nitrogens is 1. The molecule has 0 saturated carbocycles. The minimum absolute atomic E-state index is 0.137. The molecule has 48 heavy (non-hydrogen) atoms. The van der Waals surface area contributed by atoms with Crippen molar-refractivity contribution in [3.05, 3.63) is 155 Å². The van der Waals surface area contributed by atoms with Gasteiger partial charge in [-0.2, -0.15) is 0 Å². The second-order valence-electron chi connectivity index (χ2n) is 13.4. The third kappa shape index (κ3) is 5.00. The molecule has 0 spiro atoms. The molecule has 6 aromatic carbocycles. The van der Waals surface area contributed by atoms with Gasteiger partial charge in [0.15, 0.2) is 0 Å². The summed E-state index contributed by atoms with van der Waals surface area (Å²) in [7, 11) is 0. The van der Waals surface area contributed by atoms with E-state index in [0.29, 0.717) is 0 Å². The van der Waals surface area contributed by atoms with Gasteiger partial charge in [-0.15, -0.1) is 0 Å². The van der Waals surface area contributed by atoms with E-state index in [0.717, 1.165) is 16.8 Å². The van der Waals surface area contributed by atoms with Gasteiger partial charge in [0.05, 0.1) is 11.2 Å². The van der Waals surface area contributed by atoms with Crippen LogP contribution in [0.5, 0.6) is 0 Å². The highest BCUT2D eigenvalue weighted by molar-refractivity contribution is 7.99. The molecule has 1 nitrogen and oxygen atoms in total. The summed E-state index contributed by atoms with van der Waals surface area (Å²) in [5.41, 5.74) is 20.5. The first-order chi connectivity index (χ1) is 23.3. The quantitative estimate of drug-likeness (QED) is 0.175. The van der Waals surface area contributed by atoms with Crippen molar-refractivity contribution >= 4 is 45.8 Å². The Hall–Kier alpha value is -4.86. The molecule has 1 aromatic heterocycles. The Morgan fingerprint density at radius 2 is 1.04 bits per heavy atom. The summed E-state index contributed by atoms with van der Waals surface area (Å²) < 4.78 is 0. The standard InChI is InChI=1S/C45H38BNS/c1-27-13-9-14-28(2)43(27)46(44-29(3)15-10-16-30(44)4)45-31(5)23-24-35(32(45)6)33-17-11-18-34(25-33)39-26-37-36-19-7-8-21-40(36)48-41-22-12-20-38(47-39)42(37)41/h7-26H,1-6H3. The van der Waals surface area contributed by atoms with Gasteiger partial charge in [-0.25, -0.2) is 4.98 Å². The zero-order chi connectivity index (χ0) is 33.1. The van der Waals surface area contributed by atoms with Crippen LogP contribution in [-0.2, 0) is 0 Å². The van der Waals surface area contributed by atoms with Gasteiger partial charge >= 0.3 is 0 Å². The first-order valence-electron chi connectivity index (χ1n) is 16.8. The van der Waals surface area contributed by atoms with Crippen LogP contribution in [0.3, 0.4) is 0 Å². The summed E-state index contributed by atoms with van der Waals surface area (Å²) in [6.07, 6.45) is 0. The van der Waals surface area contributed by atoms with Crippen LogP contribution in [-0.4, -0.2) is 11.7 Å². The molecule has 0 aliphatic carbocycles. The molecule has 0 N–H and O–H groups in total. The van der Waals surface area contributed by atoms with Crippen molar-refractivity contribution < 1.29 is 0 Å². The molecule has 0 unspecified atom stereocenters. The van der Waals surface area contributed by atoms with Gasteiger partial charge in [-0.05, 0) is 99.7 Å². The number of nitrogens with zero attached hydrogens (tertiary/aromatic N) is 1. The predicted octanol–water partition coefficient (Wildman–Crippen LogP) is 10.1. The molecule has 0 bridgehead atoms. The minimum Gasteiger partial charge on any atom is -0.248 e. The van der Waals surface area contributed by atoms with Crippen LogP contribution in [0.4, 0.5) is 0 Å². The summed E-state index contributed by atoms with van der Waals surface area (Å²) >= 11 is 1.84. The number of benzene rings is 6. The van der Waals surface area contributed by atoms with E-state index in [9.17, 15) is 0 Å². The van der Waals surface area contributed by atoms with Crippen molar-refractivity contribution in [2.75, 3.05) is 0 Å². The second kappa shape index (κ2) is 12.0. The van der Waals surface area contributed by atoms with E-state index < -0.39 is 0 Å². The summed E-state index contributed by atoms with van der Waals surface area (Å²) in [5.74, 6) is 0. The zero-order valence-corrected chi connectivity index (χ0v) is 29.3. The minimum atomic E-state index is 0.137. The van der Waals surface area contributed by atoms with Crippen LogP contribution in [0.15, 0.2) is 131 Å². The fraction of sp³-hybridized carbons (Fsp3) is 0.133.